The molecule has 0 radical (unpaired) electrons. The Morgan fingerprint density at radius 3 is 2.77 bits per heavy atom. The van der Waals surface area contributed by atoms with Crippen LogP contribution in [0.2, 0.25) is 0 Å². The van der Waals surface area contributed by atoms with E-state index in [0.29, 0.717) is 5.84 Å². The second kappa shape index (κ2) is 3.26. The first-order valence-electron chi connectivity index (χ1n) is 3.91. The molecular weight excluding hydrogens is 168 g/mol. The Bertz CT molecular complexity index is 346. The van der Waals surface area contributed by atoms with Crippen molar-refractivity contribution in [2.45, 2.75) is 0 Å². The molecule has 0 saturated carbocycles. The fourth-order valence-electron chi connectivity index (χ4n) is 1.07. The van der Waals surface area contributed by atoms with Gasteiger partial charge in [-0.15, -0.1) is 0 Å². The number of amides is 1. The minimum absolute atomic E-state index is 0.00364. The summed E-state index contributed by atoms with van der Waals surface area (Å²) in [6, 6.07) is 9.36. The Morgan fingerprint density at radius 1 is 1.31 bits per heavy atom. The van der Waals surface area contributed by atoms with E-state index in [9.17, 15) is 4.79 Å². The number of oxime groups is 1. The highest BCUT2D eigenvalue weighted by Gasteiger charge is 2.13. The van der Waals surface area contributed by atoms with Crippen LogP contribution >= 0.6 is 0 Å². The number of carbonyl (C=O) groups is 1. The minimum Gasteiger partial charge on any atom is -0.384 e. The largest absolute Gasteiger partial charge is 0.384 e. The molecule has 4 nitrogen and oxygen atoms in total. The van der Waals surface area contributed by atoms with Crippen molar-refractivity contribution in [3.63, 3.8) is 0 Å². The highest BCUT2D eigenvalue weighted by molar-refractivity contribution is 6.08. The van der Waals surface area contributed by atoms with Crippen LogP contribution in [-0.4, -0.2) is 18.3 Å². The normalized spacial score (nSPS) is 15.7. The maximum Gasteiger partial charge on any atom is 0.266 e. The molecular formula is C9H8N2O2. The van der Waals surface area contributed by atoms with Crippen molar-refractivity contribution in [2.75, 3.05) is 6.61 Å². The van der Waals surface area contributed by atoms with Crippen LogP contribution in [0, 0.1) is 0 Å². The van der Waals surface area contributed by atoms with E-state index >= 15 is 0 Å². The van der Waals surface area contributed by atoms with Gasteiger partial charge in [-0.05, 0) is 0 Å². The van der Waals surface area contributed by atoms with Gasteiger partial charge in [0, 0.05) is 5.56 Å². The lowest BCUT2D eigenvalue weighted by Gasteiger charge is -2.12. The van der Waals surface area contributed by atoms with Gasteiger partial charge < -0.3 is 10.2 Å². The Kier molecular flexibility index (Phi) is 1.96. The average molecular weight is 176 g/mol. The molecule has 1 aliphatic heterocycles. The summed E-state index contributed by atoms with van der Waals surface area (Å²) in [6.07, 6.45) is 0. The molecule has 1 aromatic rings. The number of nitrogens with one attached hydrogen (secondary N) is 1. The van der Waals surface area contributed by atoms with Gasteiger partial charge in [0.05, 0.1) is 0 Å². The lowest BCUT2D eigenvalue weighted by molar-refractivity contribution is -0.125. The molecule has 0 unspecified atom stereocenters. The van der Waals surface area contributed by atoms with Crippen LogP contribution in [0.25, 0.3) is 0 Å². The molecule has 0 aliphatic carbocycles. The fourth-order valence-corrected chi connectivity index (χ4v) is 1.07. The van der Waals surface area contributed by atoms with Crippen molar-refractivity contribution >= 4 is 11.7 Å². The van der Waals surface area contributed by atoms with Crippen LogP contribution in [0.1, 0.15) is 5.56 Å². The SMILES string of the molecule is O=C1CON=C(c2ccccc2)N1. The summed E-state index contributed by atoms with van der Waals surface area (Å²) in [5.74, 6) is 0.297. The summed E-state index contributed by atoms with van der Waals surface area (Å²) in [7, 11) is 0. The summed E-state index contributed by atoms with van der Waals surface area (Å²) in [5.41, 5.74) is 0.843. The molecule has 0 bridgehead atoms. The van der Waals surface area contributed by atoms with Crippen LogP contribution in [-0.2, 0) is 9.63 Å². The summed E-state index contributed by atoms with van der Waals surface area (Å²) in [5, 5.41) is 6.35. The quantitative estimate of drug-likeness (QED) is 0.677. The number of carbonyl (C=O) groups excluding carboxylic acids is 1. The van der Waals surface area contributed by atoms with Crippen LogP contribution in [0.5, 0.6) is 0 Å². The van der Waals surface area contributed by atoms with E-state index in [2.05, 4.69) is 10.5 Å². The van der Waals surface area contributed by atoms with Crippen molar-refractivity contribution in [3.05, 3.63) is 35.9 Å². The molecule has 0 atom stereocenters. The number of nitrogens with zero attached hydrogens (tertiary/aromatic N) is 1. The molecule has 1 aliphatic rings. The maximum atomic E-state index is 10.9. The molecule has 0 saturated heterocycles. The third-order valence-corrected chi connectivity index (χ3v) is 1.66. The van der Waals surface area contributed by atoms with Gasteiger partial charge >= 0.3 is 0 Å². The zero-order chi connectivity index (χ0) is 9.10. The van der Waals surface area contributed by atoms with Crippen LogP contribution < -0.4 is 5.32 Å². The first kappa shape index (κ1) is 7.79. The van der Waals surface area contributed by atoms with Gasteiger partial charge in [0.25, 0.3) is 5.91 Å². The van der Waals surface area contributed by atoms with Crippen molar-refractivity contribution in [2.24, 2.45) is 5.16 Å². The smallest absolute Gasteiger partial charge is 0.266 e. The van der Waals surface area contributed by atoms with E-state index in [1.54, 1.807) is 0 Å². The topological polar surface area (TPSA) is 50.7 Å². The zero-order valence-corrected chi connectivity index (χ0v) is 6.86. The van der Waals surface area contributed by atoms with E-state index in [1.807, 2.05) is 30.3 Å². The highest BCUT2D eigenvalue weighted by Crippen LogP contribution is 2.02. The van der Waals surface area contributed by atoms with Crippen molar-refractivity contribution in [3.8, 4) is 0 Å². The monoisotopic (exact) mass is 176 g/mol. The van der Waals surface area contributed by atoms with Crippen LogP contribution in [0.15, 0.2) is 35.5 Å². The molecule has 4 heteroatoms. The zero-order valence-electron chi connectivity index (χ0n) is 6.86. The Labute approximate surface area is 75.2 Å². The Hall–Kier alpha value is -1.84. The molecule has 13 heavy (non-hydrogen) atoms. The average Bonchev–Trinajstić information content (AvgIpc) is 2.19. The standard InChI is InChI=1S/C9H8N2O2/c12-8-6-13-11-9(10-8)7-4-2-1-3-5-7/h1-5H,6H2,(H,10,11,12). The van der Waals surface area contributed by atoms with Gasteiger partial charge in [0.1, 0.15) is 0 Å². The summed E-state index contributed by atoms with van der Waals surface area (Å²) >= 11 is 0. The van der Waals surface area contributed by atoms with Gasteiger partial charge in [0.15, 0.2) is 12.4 Å². The summed E-state index contributed by atoms with van der Waals surface area (Å²) < 4.78 is 0. The summed E-state index contributed by atoms with van der Waals surface area (Å²) in [6.45, 7) is -0.00364. The van der Waals surface area contributed by atoms with Gasteiger partial charge in [0.2, 0.25) is 0 Å². The van der Waals surface area contributed by atoms with Crippen molar-refractivity contribution in [1.29, 1.82) is 0 Å². The van der Waals surface area contributed by atoms with Crippen molar-refractivity contribution < 1.29 is 9.63 Å². The Morgan fingerprint density at radius 2 is 2.08 bits per heavy atom. The predicted molar refractivity (Wildman–Crippen MR) is 47.1 cm³/mol. The van der Waals surface area contributed by atoms with E-state index in [-0.39, 0.29) is 12.5 Å². The molecule has 66 valence electrons. The Balaban J connectivity index is 2.27. The second-order valence-corrected chi connectivity index (χ2v) is 2.63. The van der Waals surface area contributed by atoms with Gasteiger partial charge in [-0.1, -0.05) is 35.5 Å². The van der Waals surface area contributed by atoms with Crippen LogP contribution in [0.3, 0.4) is 0 Å². The third-order valence-electron chi connectivity index (χ3n) is 1.66. The second-order valence-electron chi connectivity index (χ2n) is 2.63. The third kappa shape index (κ3) is 1.66. The first-order valence-corrected chi connectivity index (χ1v) is 3.91. The fraction of sp³-hybridized carbons (Fsp3) is 0.111. The number of amidine groups is 1. The summed E-state index contributed by atoms with van der Waals surface area (Å²) in [4.78, 5) is 15.7. The van der Waals surface area contributed by atoms with Crippen molar-refractivity contribution in [1.82, 2.24) is 5.32 Å². The number of benzene rings is 1. The lowest BCUT2D eigenvalue weighted by atomic mass is 10.2. The first-order chi connectivity index (χ1) is 6.36. The lowest BCUT2D eigenvalue weighted by Crippen LogP contribution is -2.37. The van der Waals surface area contributed by atoms with Gasteiger partial charge in [-0.25, -0.2) is 0 Å². The highest BCUT2D eigenvalue weighted by atomic mass is 16.6. The molecule has 1 N–H and O–H groups in total. The minimum atomic E-state index is -0.172. The number of rotatable bonds is 1. The van der Waals surface area contributed by atoms with Gasteiger partial charge in [-0.3, -0.25) is 4.79 Å². The van der Waals surface area contributed by atoms with E-state index < -0.39 is 0 Å². The molecule has 2 rings (SSSR count). The molecule has 0 fully saturated rings. The molecule has 0 spiro atoms. The van der Waals surface area contributed by atoms with E-state index in [1.165, 1.54) is 0 Å². The van der Waals surface area contributed by atoms with E-state index in [4.69, 9.17) is 4.84 Å². The maximum absolute atomic E-state index is 10.9. The molecule has 0 aromatic heterocycles. The molecule has 1 heterocycles. The molecule has 1 amide bonds. The van der Waals surface area contributed by atoms with Gasteiger partial charge in [-0.2, -0.15) is 0 Å². The predicted octanol–water partition coefficient (Wildman–Crippen LogP) is 0.495. The number of hydrogen-bond acceptors (Lipinski definition) is 3. The van der Waals surface area contributed by atoms with E-state index in [0.717, 1.165) is 5.56 Å². The molecule has 1 aromatic carbocycles. The van der Waals surface area contributed by atoms with Crippen LogP contribution in [0.4, 0.5) is 0 Å². The number of hydrogen-bond donors (Lipinski definition) is 1.